The average Bonchev–Trinajstić information content (AvgIpc) is 2.30. The molecule has 0 radical (unpaired) electrons. The van der Waals surface area contributed by atoms with Crippen LogP contribution in [0.4, 0.5) is 15.8 Å². The van der Waals surface area contributed by atoms with Crippen LogP contribution in [0.2, 0.25) is 0 Å². The second kappa shape index (κ2) is 6.23. The molecule has 0 bridgehead atoms. The van der Waals surface area contributed by atoms with Crippen LogP contribution in [0.1, 0.15) is 31.1 Å². The van der Waals surface area contributed by atoms with Crippen LogP contribution in [0.15, 0.2) is 12.1 Å². The van der Waals surface area contributed by atoms with Crippen molar-refractivity contribution in [2.24, 2.45) is 0 Å². The summed E-state index contributed by atoms with van der Waals surface area (Å²) in [6, 6.07) is 1.24. The molecule has 1 aromatic rings. The molecule has 0 aliphatic carbocycles. The zero-order chi connectivity index (χ0) is 15.4. The van der Waals surface area contributed by atoms with Crippen LogP contribution in [0.25, 0.3) is 0 Å². The van der Waals surface area contributed by atoms with E-state index < -0.39 is 17.8 Å². The lowest BCUT2D eigenvalue weighted by Gasteiger charge is -2.18. The van der Waals surface area contributed by atoms with Gasteiger partial charge in [0.05, 0.1) is 11.3 Å². The van der Waals surface area contributed by atoms with E-state index >= 15 is 0 Å². The number of carboxylic acid groups (broad SMARTS) is 1. The first kappa shape index (κ1) is 15.7. The monoisotopic (exact) mass is 283 g/mol. The quantitative estimate of drug-likeness (QED) is 0.612. The Hall–Kier alpha value is -2.31. The van der Waals surface area contributed by atoms with Crippen LogP contribution < -0.4 is 16.4 Å². The van der Waals surface area contributed by atoms with Gasteiger partial charge in [0.1, 0.15) is 11.9 Å². The Morgan fingerprint density at radius 3 is 2.40 bits per heavy atom. The summed E-state index contributed by atoms with van der Waals surface area (Å²) < 4.78 is 13.7. The molecule has 0 fully saturated rings. The molecule has 7 heteroatoms. The molecule has 0 saturated carbocycles. The van der Waals surface area contributed by atoms with E-state index in [1.165, 1.54) is 0 Å². The number of hydrogen-bond acceptors (Lipinski definition) is 4. The third-order valence-electron chi connectivity index (χ3n) is 2.57. The first-order valence-electron chi connectivity index (χ1n) is 6.11. The van der Waals surface area contributed by atoms with E-state index in [4.69, 9.17) is 10.8 Å². The van der Waals surface area contributed by atoms with Gasteiger partial charge in [-0.2, -0.15) is 0 Å². The Labute approximate surface area is 116 Å². The van der Waals surface area contributed by atoms with Crippen molar-refractivity contribution in [3.05, 3.63) is 23.5 Å². The van der Waals surface area contributed by atoms with Gasteiger partial charge < -0.3 is 21.5 Å². The molecule has 0 aliphatic rings. The third-order valence-corrected chi connectivity index (χ3v) is 2.57. The Morgan fingerprint density at radius 1 is 1.30 bits per heavy atom. The molecular weight excluding hydrogens is 265 g/mol. The van der Waals surface area contributed by atoms with Crippen LogP contribution >= 0.6 is 0 Å². The second-order valence-electron chi connectivity index (χ2n) is 4.75. The van der Waals surface area contributed by atoms with E-state index in [1.807, 2.05) is 0 Å². The standard InChI is InChI=1S/C13H18FN3O3/c1-6(2)16-12(18)7(3)17-11-4-8(13(19)20)10(15)5-9(11)14/h4-7,17H,15H2,1-3H3,(H,16,18)(H,19,20). The molecule has 0 aliphatic heterocycles. The Balaban J connectivity index is 2.95. The minimum Gasteiger partial charge on any atom is -0.478 e. The van der Waals surface area contributed by atoms with E-state index in [2.05, 4.69) is 10.6 Å². The number of carboxylic acids is 1. The first-order chi connectivity index (χ1) is 9.22. The van der Waals surface area contributed by atoms with Crippen molar-refractivity contribution in [3.8, 4) is 0 Å². The van der Waals surface area contributed by atoms with Crippen LogP contribution in [0.5, 0.6) is 0 Å². The molecule has 110 valence electrons. The molecule has 1 unspecified atom stereocenters. The summed E-state index contributed by atoms with van der Waals surface area (Å²) in [7, 11) is 0. The highest BCUT2D eigenvalue weighted by atomic mass is 19.1. The zero-order valence-corrected chi connectivity index (χ0v) is 11.5. The van der Waals surface area contributed by atoms with E-state index in [1.54, 1.807) is 20.8 Å². The molecule has 1 rings (SSSR count). The summed E-state index contributed by atoms with van der Waals surface area (Å²) in [6.45, 7) is 5.15. The van der Waals surface area contributed by atoms with Crippen molar-refractivity contribution in [2.45, 2.75) is 32.9 Å². The highest BCUT2D eigenvalue weighted by molar-refractivity contribution is 5.95. The number of hydrogen-bond donors (Lipinski definition) is 4. The van der Waals surface area contributed by atoms with Gasteiger partial charge >= 0.3 is 5.97 Å². The van der Waals surface area contributed by atoms with Crippen molar-refractivity contribution in [3.63, 3.8) is 0 Å². The molecule has 1 aromatic carbocycles. The molecule has 0 spiro atoms. The number of halogens is 1. The maximum Gasteiger partial charge on any atom is 0.337 e. The minimum absolute atomic E-state index is 0.0439. The van der Waals surface area contributed by atoms with Crippen LogP contribution in [0, 0.1) is 5.82 Å². The summed E-state index contributed by atoms with van der Waals surface area (Å²) in [5.41, 5.74) is 4.96. The van der Waals surface area contributed by atoms with Gasteiger partial charge in [-0.3, -0.25) is 4.79 Å². The highest BCUT2D eigenvalue weighted by Gasteiger charge is 2.18. The number of amides is 1. The van der Waals surface area contributed by atoms with Crippen molar-refractivity contribution in [1.29, 1.82) is 0 Å². The van der Waals surface area contributed by atoms with Gasteiger partial charge in [0, 0.05) is 11.7 Å². The lowest BCUT2D eigenvalue weighted by molar-refractivity contribution is -0.122. The Morgan fingerprint density at radius 2 is 1.90 bits per heavy atom. The fourth-order valence-corrected chi connectivity index (χ4v) is 1.59. The van der Waals surface area contributed by atoms with Crippen molar-refractivity contribution in [1.82, 2.24) is 5.32 Å². The molecule has 20 heavy (non-hydrogen) atoms. The van der Waals surface area contributed by atoms with Gasteiger partial charge in [-0.25, -0.2) is 9.18 Å². The van der Waals surface area contributed by atoms with Crippen molar-refractivity contribution < 1.29 is 19.1 Å². The van der Waals surface area contributed by atoms with E-state index in [0.717, 1.165) is 12.1 Å². The molecular formula is C13H18FN3O3. The number of rotatable bonds is 5. The van der Waals surface area contributed by atoms with Gasteiger partial charge in [-0.05, 0) is 32.9 Å². The lowest BCUT2D eigenvalue weighted by Crippen LogP contribution is -2.41. The van der Waals surface area contributed by atoms with E-state index in [0.29, 0.717) is 0 Å². The van der Waals surface area contributed by atoms with Gasteiger partial charge in [0.2, 0.25) is 5.91 Å². The van der Waals surface area contributed by atoms with E-state index in [9.17, 15) is 14.0 Å². The number of anilines is 2. The SMILES string of the molecule is CC(C)NC(=O)C(C)Nc1cc(C(=O)O)c(N)cc1F. The first-order valence-corrected chi connectivity index (χ1v) is 6.11. The normalized spacial score (nSPS) is 12.1. The number of carbonyl (C=O) groups excluding carboxylic acids is 1. The highest BCUT2D eigenvalue weighted by Crippen LogP contribution is 2.22. The number of nitrogens with two attached hydrogens (primary N) is 1. The van der Waals surface area contributed by atoms with Gasteiger partial charge in [-0.1, -0.05) is 0 Å². The molecule has 1 atom stereocenters. The summed E-state index contributed by atoms with van der Waals surface area (Å²) in [4.78, 5) is 22.7. The molecule has 1 amide bonds. The fourth-order valence-electron chi connectivity index (χ4n) is 1.59. The molecule has 0 heterocycles. The van der Waals surface area contributed by atoms with Crippen LogP contribution in [-0.2, 0) is 4.79 Å². The van der Waals surface area contributed by atoms with Gasteiger partial charge in [0.25, 0.3) is 0 Å². The predicted molar refractivity (Wildman–Crippen MR) is 74.1 cm³/mol. The predicted octanol–water partition coefficient (Wildman–Crippen LogP) is 1.43. The summed E-state index contributed by atoms with van der Waals surface area (Å²) in [5.74, 6) is -2.28. The Bertz CT molecular complexity index is 532. The number of carbonyl (C=O) groups is 2. The molecule has 0 saturated heterocycles. The second-order valence-corrected chi connectivity index (χ2v) is 4.75. The average molecular weight is 283 g/mol. The number of benzene rings is 1. The van der Waals surface area contributed by atoms with Gasteiger partial charge in [-0.15, -0.1) is 0 Å². The number of nitrogens with one attached hydrogen (secondary N) is 2. The Kier molecular flexibility index (Phi) is 4.90. The fraction of sp³-hybridized carbons (Fsp3) is 0.385. The molecule has 5 N–H and O–H groups in total. The topological polar surface area (TPSA) is 104 Å². The van der Waals surface area contributed by atoms with Crippen molar-refractivity contribution in [2.75, 3.05) is 11.1 Å². The van der Waals surface area contributed by atoms with E-state index in [-0.39, 0.29) is 28.9 Å². The van der Waals surface area contributed by atoms with Crippen molar-refractivity contribution >= 4 is 23.3 Å². The third kappa shape index (κ3) is 3.84. The lowest BCUT2D eigenvalue weighted by atomic mass is 10.1. The summed E-state index contributed by atoms with van der Waals surface area (Å²) >= 11 is 0. The minimum atomic E-state index is -1.26. The smallest absolute Gasteiger partial charge is 0.337 e. The number of nitrogen functional groups attached to an aromatic ring is 1. The number of aromatic carboxylic acids is 1. The molecule has 0 aromatic heterocycles. The summed E-state index contributed by atoms with van der Waals surface area (Å²) in [5, 5.41) is 14.2. The maximum atomic E-state index is 13.7. The van der Waals surface area contributed by atoms with Crippen LogP contribution in [0.3, 0.4) is 0 Å². The zero-order valence-electron chi connectivity index (χ0n) is 11.5. The van der Waals surface area contributed by atoms with Gasteiger partial charge in [0.15, 0.2) is 0 Å². The molecule has 6 nitrogen and oxygen atoms in total. The maximum absolute atomic E-state index is 13.7. The summed E-state index contributed by atoms with van der Waals surface area (Å²) in [6.07, 6.45) is 0. The largest absolute Gasteiger partial charge is 0.478 e. The van der Waals surface area contributed by atoms with Crippen LogP contribution in [-0.4, -0.2) is 29.1 Å².